The maximum atomic E-state index is 11.8. The molecule has 128 valence electrons. The molecule has 0 aromatic heterocycles. The van der Waals surface area contributed by atoms with Crippen molar-refractivity contribution in [1.29, 1.82) is 0 Å². The van der Waals surface area contributed by atoms with Gasteiger partial charge in [-0.25, -0.2) is 9.59 Å². The quantitative estimate of drug-likeness (QED) is 0.545. The minimum atomic E-state index is -0.391. The van der Waals surface area contributed by atoms with Gasteiger partial charge in [0.15, 0.2) is 0 Å². The third-order valence-electron chi connectivity index (χ3n) is 3.46. The van der Waals surface area contributed by atoms with E-state index in [0.29, 0.717) is 25.3 Å². The molecule has 0 saturated carbocycles. The van der Waals surface area contributed by atoms with E-state index < -0.39 is 5.97 Å². The van der Waals surface area contributed by atoms with Gasteiger partial charge in [-0.3, -0.25) is 4.79 Å². The van der Waals surface area contributed by atoms with Gasteiger partial charge in [0.25, 0.3) is 0 Å². The second kappa shape index (κ2) is 8.71. The van der Waals surface area contributed by atoms with Gasteiger partial charge in [-0.15, -0.1) is 0 Å². The van der Waals surface area contributed by atoms with E-state index in [-0.39, 0.29) is 18.0 Å². The lowest BCUT2D eigenvalue weighted by molar-refractivity contribution is -0.137. The second-order valence-electron chi connectivity index (χ2n) is 5.35. The molecule has 3 amide bonds. The third kappa shape index (κ3) is 5.75. The number of carbonyl (C=O) groups is 3. The number of ether oxygens (including phenoxy) is 1. The van der Waals surface area contributed by atoms with Crippen LogP contribution in [-0.4, -0.2) is 37.1 Å². The first-order valence-corrected chi connectivity index (χ1v) is 7.86. The van der Waals surface area contributed by atoms with Gasteiger partial charge in [0.1, 0.15) is 0 Å². The highest BCUT2D eigenvalue weighted by Crippen LogP contribution is 2.11. The molecule has 1 aromatic rings. The van der Waals surface area contributed by atoms with Crippen LogP contribution in [0.3, 0.4) is 0 Å². The Bertz CT molecular complexity index is 625. The largest absolute Gasteiger partial charge is 0.463 e. The number of hydrogen-bond acceptors (Lipinski definition) is 4. The minimum absolute atomic E-state index is 0.00126. The lowest BCUT2D eigenvalue weighted by Crippen LogP contribution is -2.40. The van der Waals surface area contributed by atoms with Crippen LogP contribution in [0.4, 0.5) is 10.5 Å². The molecule has 1 aliphatic rings. The van der Waals surface area contributed by atoms with E-state index >= 15 is 0 Å². The smallest absolute Gasteiger partial charge is 0.330 e. The molecule has 1 atom stereocenters. The molecule has 1 aliphatic heterocycles. The van der Waals surface area contributed by atoms with E-state index in [1.807, 2.05) is 0 Å². The molecule has 0 unspecified atom stereocenters. The van der Waals surface area contributed by atoms with Crippen LogP contribution in [0.25, 0.3) is 6.08 Å². The van der Waals surface area contributed by atoms with Gasteiger partial charge < -0.3 is 20.7 Å². The van der Waals surface area contributed by atoms with Crippen molar-refractivity contribution in [2.45, 2.75) is 25.8 Å². The molecule has 0 bridgehead atoms. The molecule has 1 saturated heterocycles. The van der Waals surface area contributed by atoms with E-state index in [4.69, 9.17) is 4.74 Å². The Balaban J connectivity index is 1.77. The number of nitrogens with one attached hydrogen (secondary N) is 3. The summed E-state index contributed by atoms with van der Waals surface area (Å²) >= 11 is 0. The second-order valence-corrected chi connectivity index (χ2v) is 5.35. The molecule has 1 aromatic carbocycles. The first-order valence-electron chi connectivity index (χ1n) is 7.86. The van der Waals surface area contributed by atoms with Crippen LogP contribution in [0.1, 0.15) is 25.3 Å². The van der Waals surface area contributed by atoms with Gasteiger partial charge in [-0.2, -0.15) is 0 Å². The number of benzene rings is 1. The van der Waals surface area contributed by atoms with E-state index in [1.54, 1.807) is 37.3 Å². The number of anilines is 1. The molecular formula is C17H21N3O4. The van der Waals surface area contributed by atoms with Crippen LogP contribution in [0, 0.1) is 0 Å². The summed E-state index contributed by atoms with van der Waals surface area (Å²) in [6.45, 7) is 2.49. The Labute approximate surface area is 140 Å². The van der Waals surface area contributed by atoms with E-state index in [1.165, 1.54) is 6.08 Å². The fourth-order valence-corrected chi connectivity index (χ4v) is 2.25. The zero-order valence-corrected chi connectivity index (χ0v) is 13.5. The van der Waals surface area contributed by atoms with Crippen molar-refractivity contribution in [2.75, 3.05) is 18.5 Å². The maximum Gasteiger partial charge on any atom is 0.330 e. The summed E-state index contributed by atoms with van der Waals surface area (Å²) in [5.41, 5.74) is 1.46. The molecule has 7 heteroatoms. The Morgan fingerprint density at radius 1 is 1.33 bits per heavy atom. The van der Waals surface area contributed by atoms with Gasteiger partial charge in [-0.1, -0.05) is 12.1 Å². The molecule has 3 N–H and O–H groups in total. The zero-order valence-electron chi connectivity index (χ0n) is 13.5. The molecular weight excluding hydrogens is 310 g/mol. The van der Waals surface area contributed by atoms with Gasteiger partial charge in [0, 0.05) is 30.8 Å². The number of carbonyl (C=O) groups excluding carboxylic acids is 3. The Morgan fingerprint density at radius 3 is 2.71 bits per heavy atom. The van der Waals surface area contributed by atoms with Crippen LogP contribution in [0.2, 0.25) is 0 Å². The average Bonchev–Trinajstić information content (AvgIpc) is 2.98. The fourth-order valence-electron chi connectivity index (χ4n) is 2.25. The van der Waals surface area contributed by atoms with Crippen LogP contribution < -0.4 is 16.0 Å². The minimum Gasteiger partial charge on any atom is -0.463 e. The topological polar surface area (TPSA) is 96.5 Å². The van der Waals surface area contributed by atoms with Crippen molar-refractivity contribution in [1.82, 2.24) is 10.6 Å². The SMILES string of the molecule is CCOC(=O)/C=C\c1ccc(NC(=O)NC[C@@H]2CCC(=O)N2)cc1. The highest BCUT2D eigenvalue weighted by molar-refractivity contribution is 5.90. The summed E-state index contributed by atoms with van der Waals surface area (Å²) in [5, 5.41) is 8.22. The molecule has 0 radical (unpaired) electrons. The highest BCUT2D eigenvalue weighted by Gasteiger charge is 2.20. The molecule has 7 nitrogen and oxygen atoms in total. The fraction of sp³-hybridized carbons (Fsp3) is 0.353. The molecule has 1 heterocycles. The summed E-state index contributed by atoms with van der Waals surface area (Å²) in [6.07, 6.45) is 4.24. The predicted octanol–water partition coefficient (Wildman–Crippen LogP) is 1.66. The monoisotopic (exact) mass is 331 g/mol. The third-order valence-corrected chi connectivity index (χ3v) is 3.46. The average molecular weight is 331 g/mol. The van der Waals surface area contributed by atoms with Crippen LogP contribution in [0.5, 0.6) is 0 Å². The van der Waals surface area contributed by atoms with Crippen LogP contribution in [0.15, 0.2) is 30.3 Å². The summed E-state index contributed by atoms with van der Waals surface area (Å²) in [4.78, 5) is 34.1. The van der Waals surface area contributed by atoms with Crippen molar-refractivity contribution >= 4 is 29.7 Å². The number of esters is 1. The predicted molar refractivity (Wildman–Crippen MR) is 90.3 cm³/mol. The normalized spacial score (nSPS) is 16.7. The van der Waals surface area contributed by atoms with Crippen molar-refractivity contribution in [3.8, 4) is 0 Å². The first kappa shape index (κ1) is 17.5. The van der Waals surface area contributed by atoms with Crippen molar-refractivity contribution < 1.29 is 19.1 Å². The molecule has 0 aliphatic carbocycles. The molecule has 1 fully saturated rings. The van der Waals surface area contributed by atoms with E-state index in [2.05, 4.69) is 16.0 Å². The lowest BCUT2D eigenvalue weighted by atomic mass is 10.2. The Hall–Kier alpha value is -2.83. The lowest BCUT2D eigenvalue weighted by Gasteiger charge is -2.12. The first-order chi connectivity index (χ1) is 11.6. The van der Waals surface area contributed by atoms with E-state index in [0.717, 1.165) is 12.0 Å². The molecule has 24 heavy (non-hydrogen) atoms. The van der Waals surface area contributed by atoms with Crippen LogP contribution >= 0.6 is 0 Å². The highest BCUT2D eigenvalue weighted by atomic mass is 16.5. The number of urea groups is 1. The number of amides is 3. The Morgan fingerprint density at radius 2 is 2.08 bits per heavy atom. The Kier molecular flexibility index (Phi) is 6.36. The van der Waals surface area contributed by atoms with Crippen molar-refractivity contribution in [2.24, 2.45) is 0 Å². The summed E-state index contributed by atoms with van der Waals surface area (Å²) in [5.74, 6) is -0.369. The van der Waals surface area contributed by atoms with E-state index in [9.17, 15) is 14.4 Å². The maximum absolute atomic E-state index is 11.8. The molecule has 0 spiro atoms. The summed E-state index contributed by atoms with van der Waals surface area (Å²) in [7, 11) is 0. The molecule has 2 rings (SSSR count). The van der Waals surface area contributed by atoms with Crippen LogP contribution in [-0.2, 0) is 14.3 Å². The van der Waals surface area contributed by atoms with Gasteiger partial charge in [0.05, 0.1) is 6.61 Å². The summed E-state index contributed by atoms with van der Waals surface area (Å²) in [6, 6.07) is 6.71. The number of hydrogen-bond donors (Lipinski definition) is 3. The summed E-state index contributed by atoms with van der Waals surface area (Å²) < 4.78 is 4.80. The van der Waals surface area contributed by atoms with Gasteiger partial charge >= 0.3 is 12.0 Å². The van der Waals surface area contributed by atoms with Crippen molar-refractivity contribution in [3.05, 3.63) is 35.9 Å². The number of rotatable bonds is 6. The van der Waals surface area contributed by atoms with Crippen molar-refractivity contribution in [3.63, 3.8) is 0 Å². The zero-order chi connectivity index (χ0) is 17.4. The van der Waals surface area contributed by atoms with Gasteiger partial charge in [-0.05, 0) is 37.1 Å². The standard InChI is InChI=1S/C17H21N3O4/c1-2-24-16(22)10-5-12-3-6-13(7-4-12)20-17(23)18-11-14-8-9-15(21)19-14/h3-7,10,14H,2,8-9,11H2,1H3,(H,19,21)(H2,18,20,23)/b10-5-/t14-/m0/s1. The van der Waals surface area contributed by atoms with Gasteiger partial charge in [0.2, 0.25) is 5.91 Å².